The zero-order chi connectivity index (χ0) is 16.4. The number of ether oxygens (including phenoxy) is 2. The van der Waals surface area contributed by atoms with Gasteiger partial charge in [0.05, 0.1) is 6.61 Å². The summed E-state index contributed by atoms with van der Waals surface area (Å²) in [5.74, 6) is 0.426. The van der Waals surface area contributed by atoms with Crippen molar-refractivity contribution in [2.75, 3.05) is 33.9 Å². The number of nitrogens with zero attached hydrogens (tertiary/aromatic N) is 1. The highest BCUT2D eigenvalue weighted by Gasteiger charge is 2.30. The predicted molar refractivity (Wildman–Crippen MR) is 93.5 cm³/mol. The summed E-state index contributed by atoms with van der Waals surface area (Å²) in [5.41, 5.74) is 0.898. The van der Waals surface area contributed by atoms with E-state index in [1.165, 1.54) is 12.1 Å². The summed E-state index contributed by atoms with van der Waals surface area (Å²) in [6, 6.07) is 5.80. The Labute approximate surface area is 150 Å². The van der Waals surface area contributed by atoms with Crippen molar-refractivity contribution >= 4 is 29.9 Å². The van der Waals surface area contributed by atoms with E-state index in [2.05, 4.69) is 20.4 Å². The average molecular weight is 447 g/mol. The van der Waals surface area contributed by atoms with Crippen LogP contribution in [0.1, 0.15) is 5.56 Å². The molecule has 0 radical (unpaired) electrons. The number of guanidine groups is 1. The molecule has 132 valence electrons. The number of halogens is 4. The summed E-state index contributed by atoms with van der Waals surface area (Å²) in [7, 11) is 3.27. The Kier molecular flexibility index (Phi) is 10.7. The number of aliphatic imine (C=N–C) groups is 1. The molecule has 9 heteroatoms. The van der Waals surface area contributed by atoms with E-state index in [0.717, 1.165) is 5.56 Å². The molecule has 5 nitrogen and oxygen atoms in total. The van der Waals surface area contributed by atoms with Crippen LogP contribution in [0.15, 0.2) is 29.3 Å². The number of rotatable bonds is 7. The smallest absolute Gasteiger partial charge is 0.406 e. The summed E-state index contributed by atoms with van der Waals surface area (Å²) in [4.78, 5) is 4.04. The third-order valence-electron chi connectivity index (χ3n) is 2.69. The molecule has 0 bridgehead atoms. The van der Waals surface area contributed by atoms with Gasteiger partial charge in [0.2, 0.25) is 0 Å². The van der Waals surface area contributed by atoms with Gasteiger partial charge in [-0.2, -0.15) is 0 Å². The zero-order valence-corrected chi connectivity index (χ0v) is 15.3. The van der Waals surface area contributed by atoms with Crippen LogP contribution in [0, 0.1) is 0 Å². The minimum Gasteiger partial charge on any atom is -0.406 e. The Morgan fingerprint density at radius 2 is 1.74 bits per heavy atom. The Balaban J connectivity index is 0.00000484. The van der Waals surface area contributed by atoms with Gasteiger partial charge in [-0.25, -0.2) is 0 Å². The molecule has 1 aromatic rings. The highest BCUT2D eigenvalue weighted by molar-refractivity contribution is 14.0. The number of methoxy groups -OCH3 is 1. The predicted octanol–water partition coefficient (Wildman–Crippen LogP) is 2.56. The summed E-state index contributed by atoms with van der Waals surface area (Å²) in [5, 5.41) is 6.16. The molecule has 0 heterocycles. The number of benzene rings is 1. The van der Waals surface area contributed by atoms with Gasteiger partial charge in [0.15, 0.2) is 5.96 Å². The van der Waals surface area contributed by atoms with Crippen LogP contribution < -0.4 is 15.4 Å². The van der Waals surface area contributed by atoms with Crippen LogP contribution >= 0.6 is 24.0 Å². The molecule has 0 aliphatic rings. The SMILES string of the molecule is CN=C(NCCOC)NCCc1ccc(OC(F)(F)F)cc1.I. The first-order valence-electron chi connectivity index (χ1n) is 6.72. The van der Waals surface area contributed by atoms with Gasteiger partial charge in [-0.3, -0.25) is 4.99 Å². The normalized spacial score (nSPS) is 11.6. The van der Waals surface area contributed by atoms with Gasteiger partial charge in [-0.1, -0.05) is 12.1 Å². The van der Waals surface area contributed by atoms with Gasteiger partial charge in [-0.05, 0) is 24.1 Å². The van der Waals surface area contributed by atoms with Gasteiger partial charge in [0.1, 0.15) is 5.75 Å². The minimum atomic E-state index is -4.66. The third kappa shape index (κ3) is 10.2. The molecular formula is C14H21F3IN3O2. The van der Waals surface area contributed by atoms with Crippen LogP contribution in [0.2, 0.25) is 0 Å². The van der Waals surface area contributed by atoms with Crippen molar-refractivity contribution in [3.05, 3.63) is 29.8 Å². The second-order valence-corrected chi connectivity index (χ2v) is 4.36. The molecule has 0 saturated heterocycles. The topological polar surface area (TPSA) is 54.9 Å². The van der Waals surface area contributed by atoms with Crippen LogP contribution in [0.4, 0.5) is 13.2 Å². The summed E-state index contributed by atoms with van der Waals surface area (Å²) < 4.78 is 44.8. The fourth-order valence-electron chi connectivity index (χ4n) is 1.68. The Hall–Kier alpha value is -1.23. The van der Waals surface area contributed by atoms with Crippen molar-refractivity contribution in [1.82, 2.24) is 10.6 Å². The van der Waals surface area contributed by atoms with Gasteiger partial charge in [0.25, 0.3) is 0 Å². The molecule has 1 rings (SSSR count). The lowest BCUT2D eigenvalue weighted by molar-refractivity contribution is -0.274. The van der Waals surface area contributed by atoms with Crippen molar-refractivity contribution < 1.29 is 22.6 Å². The molecule has 0 unspecified atom stereocenters. The van der Waals surface area contributed by atoms with Gasteiger partial charge < -0.3 is 20.1 Å². The van der Waals surface area contributed by atoms with Crippen LogP contribution in [-0.2, 0) is 11.2 Å². The Morgan fingerprint density at radius 3 is 2.26 bits per heavy atom. The fraction of sp³-hybridized carbons (Fsp3) is 0.500. The fourth-order valence-corrected chi connectivity index (χ4v) is 1.68. The largest absolute Gasteiger partial charge is 0.573 e. The number of nitrogens with one attached hydrogen (secondary N) is 2. The summed E-state index contributed by atoms with van der Waals surface area (Å²) >= 11 is 0. The van der Waals surface area contributed by atoms with Crippen molar-refractivity contribution in [2.24, 2.45) is 4.99 Å². The standard InChI is InChI=1S/C14H20F3N3O2.HI/c1-18-13(20-9-10-21-2)19-8-7-11-3-5-12(6-4-11)22-14(15,16)17;/h3-6H,7-10H2,1-2H3,(H2,18,19,20);1H. The highest BCUT2D eigenvalue weighted by Crippen LogP contribution is 2.22. The quantitative estimate of drug-likeness (QED) is 0.292. The van der Waals surface area contributed by atoms with Crippen molar-refractivity contribution in [2.45, 2.75) is 12.8 Å². The second kappa shape index (κ2) is 11.3. The Bertz CT molecular complexity index is 467. The van der Waals surface area contributed by atoms with E-state index in [4.69, 9.17) is 4.74 Å². The molecule has 0 aliphatic heterocycles. The van der Waals surface area contributed by atoms with Crippen molar-refractivity contribution in [3.8, 4) is 5.75 Å². The molecule has 0 amide bonds. The molecule has 0 atom stereocenters. The number of alkyl halides is 3. The molecule has 1 aromatic carbocycles. The molecule has 0 saturated carbocycles. The van der Waals surface area contributed by atoms with E-state index in [0.29, 0.717) is 32.1 Å². The summed E-state index contributed by atoms with van der Waals surface area (Å²) in [6.07, 6.45) is -4.01. The first-order valence-corrected chi connectivity index (χ1v) is 6.72. The zero-order valence-electron chi connectivity index (χ0n) is 12.9. The monoisotopic (exact) mass is 447 g/mol. The third-order valence-corrected chi connectivity index (χ3v) is 2.69. The highest BCUT2D eigenvalue weighted by atomic mass is 127. The first-order chi connectivity index (χ1) is 10.4. The van der Waals surface area contributed by atoms with E-state index in [9.17, 15) is 13.2 Å². The molecule has 0 aliphatic carbocycles. The molecule has 0 spiro atoms. The van der Waals surface area contributed by atoms with Gasteiger partial charge in [0, 0.05) is 27.2 Å². The van der Waals surface area contributed by atoms with Crippen LogP contribution in [-0.4, -0.2) is 46.2 Å². The van der Waals surface area contributed by atoms with Crippen molar-refractivity contribution in [1.29, 1.82) is 0 Å². The van der Waals surface area contributed by atoms with Crippen molar-refractivity contribution in [3.63, 3.8) is 0 Å². The number of hydrogen-bond acceptors (Lipinski definition) is 3. The van der Waals surface area contributed by atoms with E-state index < -0.39 is 6.36 Å². The van der Waals surface area contributed by atoms with E-state index in [-0.39, 0.29) is 29.7 Å². The second-order valence-electron chi connectivity index (χ2n) is 4.36. The molecular weight excluding hydrogens is 426 g/mol. The molecule has 0 fully saturated rings. The van der Waals surface area contributed by atoms with E-state index in [1.54, 1.807) is 26.3 Å². The summed E-state index contributed by atoms with van der Waals surface area (Å²) in [6.45, 7) is 1.81. The lowest BCUT2D eigenvalue weighted by Gasteiger charge is -2.12. The van der Waals surface area contributed by atoms with Crippen LogP contribution in [0.3, 0.4) is 0 Å². The van der Waals surface area contributed by atoms with Crippen LogP contribution in [0.25, 0.3) is 0 Å². The maximum atomic E-state index is 12.0. The lowest BCUT2D eigenvalue weighted by Crippen LogP contribution is -2.39. The van der Waals surface area contributed by atoms with Gasteiger partial charge in [-0.15, -0.1) is 37.1 Å². The van der Waals surface area contributed by atoms with Gasteiger partial charge >= 0.3 is 6.36 Å². The molecule has 23 heavy (non-hydrogen) atoms. The maximum absolute atomic E-state index is 12.0. The average Bonchev–Trinajstić information content (AvgIpc) is 2.46. The maximum Gasteiger partial charge on any atom is 0.573 e. The Morgan fingerprint density at radius 1 is 1.13 bits per heavy atom. The molecule has 0 aromatic heterocycles. The first kappa shape index (κ1) is 21.8. The van der Waals surface area contributed by atoms with E-state index >= 15 is 0 Å². The van der Waals surface area contributed by atoms with Crippen LogP contribution in [0.5, 0.6) is 5.75 Å². The lowest BCUT2D eigenvalue weighted by atomic mass is 10.1. The van der Waals surface area contributed by atoms with E-state index in [1.807, 2.05) is 0 Å². The minimum absolute atomic E-state index is 0. The molecule has 2 N–H and O–H groups in total. The number of hydrogen-bond donors (Lipinski definition) is 2.